The summed E-state index contributed by atoms with van der Waals surface area (Å²) in [5.41, 5.74) is 4.63. The van der Waals surface area contributed by atoms with Crippen LogP contribution in [0.3, 0.4) is 0 Å². The third-order valence-electron chi connectivity index (χ3n) is 3.28. The van der Waals surface area contributed by atoms with Gasteiger partial charge in [-0.2, -0.15) is 0 Å². The molecule has 0 aromatic heterocycles. The molecule has 6 nitrogen and oxygen atoms in total. The quantitative estimate of drug-likeness (QED) is 0.623. The number of carbonyl (C=O) groups excluding carboxylic acids is 1. The van der Waals surface area contributed by atoms with Crippen LogP contribution in [0.4, 0.5) is 0 Å². The Balaban J connectivity index is 2.69. The van der Waals surface area contributed by atoms with E-state index in [1.165, 1.54) is 0 Å². The molecule has 17 heavy (non-hydrogen) atoms. The Hall–Kier alpha value is -1.14. The van der Waals surface area contributed by atoms with Crippen LogP contribution in [-0.4, -0.2) is 42.3 Å². The van der Waals surface area contributed by atoms with Gasteiger partial charge in [-0.25, -0.2) is 0 Å². The lowest BCUT2D eigenvalue weighted by Crippen LogP contribution is -2.54. The lowest BCUT2D eigenvalue weighted by Gasteiger charge is -2.27. The maximum atomic E-state index is 11.8. The van der Waals surface area contributed by atoms with Gasteiger partial charge in [-0.3, -0.25) is 9.59 Å². The van der Waals surface area contributed by atoms with Crippen LogP contribution in [-0.2, 0) is 14.3 Å². The zero-order valence-corrected chi connectivity index (χ0v) is 10.4. The fraction of sp³-hybridized carbons (Fsp3) is 0.818. The highest BCUT2D eigenvalue weighted by Crippen LogP contribution is 2.28. The van der Waals surface area contributed by atoms with Crippen molar-refractivity contribution >= 4 is 11.9 Å². The van der Waals surface area contributed by atoms with Crippen LogP contribution in [0.2, 0.25) is 0 Å². The Labute approximate surface area is 101 Å². The zero-order valence-electron chi connectivity index (χ0n) is 10.4. The number of amides is 1. The predicted octanol–water partition coefficient (Wildman–Crippen LogP) is -0.424. The van der Waals surface area contributed by atoms with E-state index in [1.54, 1.807) is 6.92 Å². The molecule has 6 heteroatoms. The fourth-order valence-corrected chi connectivity index (χ4v) is 1.66. The number of carboxylic acids is 1. The number of nitrogens with two attached hydrogens (primary N) is 1. The SMILES string of the molecule is CC(C)C(N)C(=O)NC1COCC1(C)C(=O)O. The third-order valence-corrected chi connectivity index (χ3v) is 3.28. The summed E-state index contributed by atoms with van der Waals surface area (Å²) >= 11 is 0. The molecule has 3 unspecified atom stereocenters. The number of nitrogens with one attached hydrogen (secondary N) is 1. The molecule has 1 rings (SSSR count). The van der Waals surface area contributed by atoms with Crippen molar-refractivity contribution in [2.45, 2.75) is 32.9 Å². The second kappa shape index (κ2) is 5.01. The second-order valence-corrected chi connectivity index (χ2v) is 5.07. The molecule has 1 heterocycles. The fourth-order valence-electron chi connectivity index (χ4n) is 1.66. The van der Waals surface area contributed by atoms with Crippen molar-refractivity contribution < 1.29 is 19.4 Å². The van der Waals surface area contributed by atoms with Crippen molar-refractivity contribution in [1.82, 2.24) is 5.32 Å². The Morgan fingerprint density at radius 3 is 2.59 bits per heavy atom. The molecular formula is C11H20N2O4. The molecule has 0 saturated carbocycles. The smallest absolute Gasteiger partial charge is 0.313 e. The molecule has 1 fully saturated rings. The first-order valence-electron chi connectivity index (χ1n) is 5.66. The normalized spacial score (nSPS) is 30.3. The molecule has 1 aliphatic heterocycles. The van der Waals surface area contributed by atoms with E-state index in [2.05, 4.69) is 5.32 Å². The topological polar surface area (TPSA) is 102 Å². The van der Waals surface area contributed by atoms with Gasteiger partial charge in [0.2, 0.25) is 5.91 Å². The minimum absolute atomic E-state index is 0.00778. The first kappa shape index (κ1) is 13.9. The van der Waals surface area contributed by atoms with Crippen molar-refractivity contribution in [3.63, 3.8) is 0 Å². The molecule has 4 N–H and O–H groups in total. The number of carboxylic acid groups (broad SMARTS) is 1. The van der Waals surface area contributed by atoms with Gasteiger partial charge in [0.1, 0.15) is 5.41 Å². The van der Waals surface area contributed by atoms with Crippen LogP contribution in [0.1, 0.15) is 20.8 Å². The van der Waals surface area contributed by atoms with Crippen LogP contribution in [0.25, 0.3) is 0 Å². The van der Waals surface area contributed by atoms with Crippen LogP contribution >= 0.6 is 0 Å². The third kappa shape index (κ3) is 2.76. The molecule has 0 spiro atoms. The molecular weight excluding hydrogens is 224 g/mol. The molecule has 1 aliphatic rings. The average molecular weight is 244 g/mol. The van der Waals surface area contributed by atoms with E-state index in [0.29, 0.717) is 0 Å². The van der Waals surface area contributed by atoms with E-state index in [0.717, 1.165) is 0 Å². The van der Waals surface area contributed by atoms with E-state index in [1.807, 2.05) is 13.8 Å². The highest BCUT2D eigenvalue weighted by Gasteiger charge is 2.47. The van der Waals surface area contributed by atoms with Gasteiger partial charge in [-0.1, -0.05) is 13.8 Å². The number of carbonyl (C=O) groups is 2. The van der Waals surface area contributed by atoms with Gasteiger partial charge in [0.05, 0.1) is 25.3 Å². The number of aliphatic carboxylic acids is 1. The second-order valence-electron chi connectivity index (χ2n) is 5.07. The summed E-state index contributed by atoms with van der Waals surface area (Å²) in [6.07, 6.45) is 0. The molecule has 0 aromatic carbocycles. The van der Waals surface area contributed by atoms with Gasteiger partial charge >= 0.3 is 5.97 Å². The average Bonchev–Trinajstić information content (AvgIpc) is 2.60. The highest BCUT2D eigenvalue weighted by molar-refractivity contribution is 5.84. The first-order valence-corrected chi connectivity index (χ1v) is 5.66. The van der Waals surface area contributed by atoms with Crippen LogP contribution in [0, 0.1) is 11.3 Å². The molecule has 1 amide bonds. The van der Waals surface area contributed by atoms with Gasteiger partial charge in [0, 0.05) is 0 Å². The van der Waals surface area contributed by atoms with Gasteiger partial charge in [0.15, 0.2) is 0 Å². The van der Waals surface area contributed by atoms with Crippen LogP contribution < -0.4 is 11.1 Å². The molecule has 1 saturated heterocycles. The lowest BCUT2D eigenvalue weighted by atomic mass is 9.85. The van der Waals surface area contributed by atoms with Crippen molar-refractivity contribution in [3.05, 3.63) is 0 Å². The van der Waals surface area contributed by atoms with Gasteiger partial charge in [-0.05, 0) is 12.8 Å². The van der Waals surface area contributed by atoms with Crippen LogP contribution in [0.15, 0.2) is 0 Å². The monoisotopic (exact) mass is 244 g/mol. The minimum Gasteiger partial charge on any atom is -0.481 e. The Morgan fingerprint density at radius 2 is 2.12 bits per heavy atom. The number of hydrogen-bond donors (Lipinski definition) is 3. The number of hydrogen-bond acceptors (Lipinski definition) is 4. The maximum absolute atomic E-state index is 11.8. The molecule has 98 valence electrons. The minimum atomic E-state index is -1.08. The summed E-state index contributed by atoms with van der Waals surface area (Å²) in [7, 11) is 0. The van der Waals surface area contributed by atoms with Crippen molar-refractivity contribution in [3.8, 4) is 0 Å². The van der Waals surface area contributed by atoms with Gasteiger partial charge in [-0.15, -0.1) is 0 Å². The Morgan fingerprint density at radius 1 is 1.53 bits per heavy atom. The largest absolute Gasteiger partial charge is 0.481 e. The number of ether oxygens (including phenoxy) is 1. The summed E-state index contributed by atoms with van der Waals surface area (Å²) in [5.74, 6) is -1.30. The molecule has 0 radical (unpaired) electrons. The standard InChI is InChI=1S/C11H20N2O4/c1-6(2)8(12)9(14)13-7-4-17-5-11(7,3)10(15)16/h6-8H,4-5,12H2,1-3H3,(H,13,14)(H,15,16). The summed E-state index contributed by atoms with van der Waals surface area (Å²) in [5, 5.41) is 11.8. The molecule has 0 aromatic rings. The van der Waals surface area contributed by atoms with E-state index in [-0.39, 0.29) is 25.0 Å². The summed E-state index contributed by atoms with van der Waals surface area (Å²) in [4.78, 5) is 22.9. The zero-order chi connectivity index (χ0) is 13.2. The predicted molar refractivity (Wildman–Crippen MR) is 61.3 cm³/mol. The first-order chi connectivity index (χ1) is 7.79. The summed E-state index contributed by atoms with van der Waals surface area (Å²) in [6, 6.07) is -1.16. The van der Waals surface area contributed by atoms with E-state index in [9.17, 15) is 9.59 Å². The van der Waals surface area contributed by atoms with E-state index < -0.39 is 23.5 Å². The summed E-state index contributed by atoms with van der Waals surface area (Å²) < 4.78 is 5.14. The van der Waals surface area contributed by atoms with Crippen LogP contribution in [0.5, 0.6) is 0 Å². The van der Waals surface area contributed by atoms with Crippen molar-refractivity contribution in [2.75, 3.05) is 13.2 Å². The molecule has 0 bridgehead atoms. The lowest BCUT2D eigenvalue weighted by molar-refractivity contribution is -0.149. The van der Waals surface area contributed by atoms with E-state index in [4.69, 9.17) is 15.6 Å². The van der Waals surface area contributed by atoms with Gasteiger partial charge < -0.3 is 20.9 Å². The maximum Gasteiger partial charge on any atom is 0.313 e. The van der Waals surface area contributed by atoms with E-state index >= 15 is 0 Å². The number of rotatable bonds is 4. The van der Waals surface area contributed by atoms with Crippen molar-refractivity contribution in [2.24, 2.45) is 17.1 Å². The molecule has 0 aliphatic carbocycles. The highest BCUT2D eigenvalue weighted by atomic mass is 16.5. The van der Waals surface area contributed by atoms with Crippen molar-refractivity contribution in [1.29, 1.82) is 0 Å². The Bertz CT molecular complexity index is 319. The Kier molecular flexibility index (Phi) is 4.11. The summed E-state index contributed by atoms with van der Waals surface area (Å²) in [6.45, 7) is 5.55. The van der Waals surface area contributed by atoms with Gasteiger partial charge in [0.25, 0.3) is 0 Å². The molecule has 3 atom stereocenters.